The average molecular weight is 427 g/mol. The SMILES string of the molecule is CN=C(NCc1cccc(NC(=O)CC(C)C)c1)NCC(C)Oc1ccccc1OC. The fourth-order valence-corrected chi connectivity index (χ4v) is 2.96. The molecule has 0 aliphatic carbocycles. The minimum Gasteiger partial charge on any atom is -0.493 e. The van der Waals surface area contributed by atoms with E-state index in [-0.39, 0.29) is 12.0 Å². The van der Waals surface area contributed by atoms with Gasteiger partial charge in [-0.3, -0.25) is 9.79 Å². The Hall–Kier alpha value is -3.22. The number of hydrogen-bond donors (Lipinski definition) is 3. The summed E-state index contributed by atoms with van der Waals surface area (Å²) in [6, 6.07) is 15.4. The normalized spacial score (nSPS) is 12.3. The first-order valence-electron chi connectivity index (χ1n) is 10.5. The third-order valence-corrected chi connectivity index (χ3v) is 4.44. The van der Waals surface area contributed by atoms with Crippen LogP contribution in [0.4, 0.5) is 5.69 Å². The van der Waals surface area contributed by atoms with Gasteiger partial charge in [0.05, 0.1) is 13.7 Å². The number of carbonyl (C=O) groups excluding carboxylic acids is 1. The largest absolute Gasteiger partial charge is 0.493 e. The highest BCUT2D eigenvalue weighted by atomic mass is 16.5. The molecule has 168 valence electrons. The van der Waals surface area contributed by atoms with E-state index >= 15 is 0 Å². The molecule has 0 aliphatic rings. The maximum atomic E-state index is 12.0. The molecule has 1 atom stereocenters. The summed E-state index contributed by atoms with van der Waals surface area (Å²) >= 11 is 0. The summed E-state index contributed by atoms with van der Waals surface area (Å²) in [5.41, 5.74) is 1.84. The van der Waals surface area contributed by atoms with Gasteiger partial charge in [-0.05, 0) is 42.7 Å². The van der Waals surface area contributed by atoms with Gasteiger partial charge in [0.2, 0.25) is 5.91 Å². The lowest BCUT2D eigenvalue weighted by Crippen LogP contribution is -2.41. The Labute approximate surface area is 185 Å². The van der Waals surface area contributed by atoms with Gasteiger partial charge in [-0.1, -0.05) is 38.1 Å². The minimum atomic E-state index is -0.0886. The van der Waals surface area contributed by atoms with Crippen molar-refractivity contribution in [1.29, 1.82) is 0 Å². The molecular formula is C24H34N4O3. The van der Waals surface area contributed by atoms with Crippen LogP contribution in [0.2, 0.25) is 0 Å². The van der Waals surface area contributed by atoms with E-state index in [0.717, 1.165) is 11.3 Å². The van der Waals surface area contributed by atoms with Crippen LogP contribution in [0.5, 0.6) is 11.5 Å². The van der Waals surface area contributed by atoms with Gasteiger partial charge in [-0.15, -0.1) is 0 Å². The van der Waals surface area contributed by atoms with Crippen molar-refractivity contribution in [2.75, 3.05) is 26.0 Å². The molecule has 2 aromatic carbocycles. The van der Waals surface area contributed by atoms with Crippen molar-refractivity contribution in [3.63, 3.8) is 0 Å². The third-order valence-electron chi connectivity index (χ3n) is 4.44. The number of rotatable bonds is 10. The minimum absolute atomic E-state index is 0.0293. The molecule has 31 heavy (non-hydrogen) atoms. The van der Waals surface area contributed by atoms with Crippen LogP contribution in [0.15, 0.2) is 53.5 Å². The maximum absolute atomic E-state index is 12.0. The van der Waals surface area contributed by atoms with Crippen molar-refractivity contribution in [3.05, 3.63) is 54.1 Å². The fourth-order valence-electron chi connectivity index (χ4n) is 2.96. The van der Waals surface area contributed by atoms with Crippen LogP contribution in [-0.4, -0.2) is 38.7 Å². The zero-order valence-corrected chi connectivity index (χ0v) is 19.1. The predicted octanol–water partition coefficient (Wildman–Crippen LogP) is 3.81. The first-order chi connectivity index (χ1) is 14.9. The van der Waals surface area contributed by atoms with Gasteiger partial charge in [0.15, 0.2) is 17.5 Å². The van der Waals surface area contributed by atoms with E-state index in [4.69, 9.17) is 9.47 Å². The molecule has 7 nitrogen and oxygen atoms in total. The Balaban J connectivity index is 1.83. The van der Waals surface area contributed by atoms with Crippen LogP contribution in [-0.2, 0) is 11.3 Å². The van der Waals surface area contributed by atoms with Crippen LogP contribution in [0.25, 0.3) is 0 Å². The molecule has 2 aromatic rings. The second kappa shape index (κ2) is 12.5. The van der Waals surface area contributed by atoms with Crippen molar-refractivity contribution in [2.45, 2.75) is 39.8 Å². The van der Waals surface area contributed by atoms with E-state index in [1.165, 1.54) is 0 Å². The lowest BCUT2D eigenvalue weighted by molar-refractivity contribution is -0.116. The van der Waals surface area contributed by atoms with Gasteiger partial charge >= 0.3 is 0 Å². The average Bonchev–Trinajstić information content (AvgIpc) is 2.74. The predicted molar refractivity (Wildman–Crippen MR) is 126 cm³/mol. The summed E-state index contributed by atoms with van der Waals surface area (Å²) in [6.45, 7) is 7.19. The number of amides is 1. The first kappa shape index (κ1) is 24.1. The molecule has 3 N–H and O–H groups in total. The zero-order valence-electron chi connectivity index (χ0n) is 19.1. The van der Waals surface area contributed by atoms with Crippen molar-refractivity contribution < 1.29 is 14.3 Å². The number of hydrogen-bond acceptors (Lipinski definition) is 4. The van der Waals surface area contributed by atoms with Gasteiger partial charge in [-0.25, -0.2) is 0 Å². The molecular weight excluding hydrogens is 392 g/mol. The molecule has 0 aromatic heterocycles. The summed E-state index contributed by atoms with van der Waals surface area (Å²) < 4.78 is 11.3. The number of ether oxygens (including phenoxy) is 2. The van der Waals surface area contributed by atoms with E-state index in [0.29, 0.717) is 42.9 Å². The van der Waals surface area contributed by atoms with E-state index < -0.39 is 0 Å². The first-order valence-corrected chi connectivity index (χ1v) is 10.5. The van der Waals surface area contributed by atoms with Crippen LogP contribution in [0.1, 0.15) is 32.8 Å². The van der Waals surface area contributed by atoms with Crippen molar-refractivity contribution >= 4 is 17.6 Å². The quantitative estimate of drug-likeness (QED) is 0.397. The van der Waals surface area contributed by atoms with Crippen LogP contribution in [0, 0.1) is 5.92 Å². The Bertz CT molecular complexity index is 867. The molecule has 0 radical (unpaired) electrons. The molecule has 1 unspecified atom stereocenters. The number of aliphatic imine (C=N–C) groups is 1. The van der Waals surface area contributed by atoms with Gasteiger partial charge in [0.1, 0.15) is 6.10 Å². The topological polar surface area (TPSA) is 84.0 Å². The molecule has 0 bridgehead atoms. The number of anilines is 1. The maximum Gasteiger partial charge on any atom is 0.224 e. The summed E-state index contributed by atoms with van der Waals surface area (Å²) in [5.74, 6) is 2.44. The van der Waals surface area contributed by atoms with E-state index in [1.54, 1.807) is 14.2 Å². The van der Waals surface area contributed by atoms with Gasteiger partial charge in [0, 0.05) is 25.7 Å². The molecule has 2 rings (SSSR count). The number of benzene rings is 2. The monoisotopic (exact) mass is 426 g/mol. The van der Waals surface area contributed by atoms with Crippen molar-refractivity contribution in [1.82, 2.24) is 10.6 Å². The lowest BCUT2D eigenvalue weighted by Gasteiger charge is -2.19. The molecule has 0 fully saturated rings. The van der Waals surface area contributed by atoms with Gasteiger partial charge in [-0.2, -0.15) is 0 Å². The molecule has 7 heteroatoms. The molecule has 1 amide bonds. The lowest BCUT2D eigenvalue weighted by atomic mass is 10.1. The number of nitrogens with zero attached hydrogens (tertiary/aromatic N) is 1. The molecule has 0 heterocycles. The number of para-hydroxylation sites is 2. The highest BCUT2D eigenvalue weighted by molar-refractivity contribution is 5.90. The second-order valence-electron chi connectivity index (χ2n) is 7.73. The molecule has 0 aliphatic heterocycles. The standard InChI is InChI=1S/C24H34N4O3/c1-17(2)13-23(29)28-20-10-8-9-19(14-20)16-27-24(25-4)26-15-18(3)31-22-12-7-6-11-21(22)30-5/h6-12,14,17-18H,13,15-16H2,1-5H3,(H,28,29)(H2,25,26,27). The number of methoxy groups -OCH3 is 1. The number of guanidine groups is 1. The Morgan fingerprint density at radius 3 is 2.45 bits per heavy atom. The van der Waals surface area contributed by atoms with Gasteiger partial charge < -0.3 is 25.4 Å². The van der Waals surface area contributed by atoms with E-state index in [9.17, 15) is 4.79 Å². The van der Waals surface area contributed by atoms with Crippen molar-refractivity contribution in [2.24, 2.45) is 10.9 Å². The molecule has 0 spiro atoms. The van der Waals surface area contributed by atoms with Gasteiger partial charge in [0.25, 0.3) is 0 Å². The molecule has 0 saturated carbocycles. The van der Waals surface area contributed by atoms with Crippen LogP contribution >= 0.6 is 0 Å². The highest BCUT2D eigenvalue weighted by Gasteiger charge is 2.10. The Morgan fingerprint density at radius 2 is 1.77 bits per heavy atom. The van der Waals surface area contributed by atoms with E-state index in [1.807, 2.05) is 69.3 Å². The number of nitrogens with one attached hydrogen (secondary N) is 3. The Kier molecular flexibility index (Phi) is 9.68. The summed E-state index contributed by atoms with van der Waals surface area (Å²) in [7, 11) is 3.35. The Morgan fingerprint density at radius 1 is 1.03 bits per heavy atom. The van der Waals surface area contributed by atoms with Crippen LogP contribution < -0.4 is 25.4 Å². The highest BCUT2D eigenvalue weighted by Crippen LogP contribution is 2.26. The van der Waals surface area contributed by atoms with Crippen LogP contribution in [0.3, 0.4) is 0 Å². The second-order valence-corrected chi connectivity index (χ2v) is 7.73. The molecule has 0 saturated heterocycles. The van der Waals surface area contributed by atoms with E-state index in [2.05, 4.69) is 20.9 Å². The fraction of sp³-hybridized carbons (Fsp3) is 0.417. The summed E-state index contributed by atoms with van der Waals surface area (Å²) in [4.78, 5) is 16.3. The smallest absolute Gasteiger partial charge is 0.224 e. The summed E-state index contributed by atoms with van der Waals surface area (Å²) in [6.07, 6.45) is 0.420. The zero-order chi connectivity index (χ0) is 22.6. The third kappa shape index (κ3) is 8.58. The number of carbonyl (C=O) groups is 1. The van der Waals surface area contributed by atoms with Crippen molar-refractivity contribution in [3.8, 4) is 11.5 Å². The summed E-state index contributed by atoms with van der Waals surface area (Å²) in [5, 5.41) is 9.50.